The minimum atomic E-state index is -0.501. The minimum Gasteiger partial charge on any atom is -0.490 e. The summed E-state index contributed by atoms with van der Waals surface area (Å²) in [5.74, 6) is -0.273. The molecule has 0 bridgehead atoms. The zero-order valence-corrected chi connectivity index (χ0v) is 20.7. The molecule has 0 radical (unpaired) electrons. The van der Waals surface area contributed by atoms with Gasteiger partial charge in [0.2, 0.25) is 0 Å². The molecular weight excluding hydrogens is 486 g/mol. The van der Waals surface area contributed by atoms with Gasteiger partial charge in [0.15, 0.2) is 11.5 Å². The standard InChI is InChI=1S/C27H22ClNO5S/c1-3-33-23-14-18(10-13-22(23)34-26(31)19-11-8-17(2)9-12-19)15-24-25(30)29(27(32)35-24)16-20-6-4-5-7-21(20)28/h4-15H,3,16H2,1-2H3/b24-15-. The van der Waals surface area contributed by atoms with Crippen molar-refractivity contribution in [3.63, 3.8) is 0 Å². The number of aryl methyl sites for hydroxylation is 1. The highest BCUT2D eigenvalue weighted by atomic mass is 35.5. The van der Waals surface area contributed by atoms with Crippen LogP contribution in [0.3, 0.4) is 0 Å². The molecule has 4 rings (SSSR count). The normalized spacial score (nSPS) is 14.5. The van der Waals surface area contributed by atoms with Crippen molar-refractivity contribution in [3.05, 3.63) is 98.9 Å². The second kappa shape index (κ2) is 10.8. The van der Waals surface area contributed by atoms with Gasteiger partial charge in [-0.2, -0.15) is 0 Å². The van der Waals surface area contributed by atoms with Crippen molar-refractivity contribution >= 4 is 46.6 Å². The molecule has 178 valence electrons. The molecular formula is C27H22ClNO5S. The minimum absolute atomic E-state index is 0.0970. The van der Waals surface area contributed by atoms with Gasteiger partial charge < -0.3 is 9.47 Å². The highest BCUT2D eigenvalue weighted by Gasteiger charge is 2.35. The number of halogens is 1. The lowest BCUT2D eigenvalue weighted by Crippen LogP contribution is -2.27. The van der Waals surface area contributed by atoms with Gasteiger partial charge in [0.1, 0.15) is 0 Å². The summed E-state index contributed by atoms with van der Waals surface area (Å²) in [4.78, 5) is 39.4. The average Bonchev–Trinajstić information content (AvgIpc) is 3.10. The van der Waals surface area contributed by atoms with E-state index in [1.807, 2.05) is 26.0 Å². The zero-order chi connectivity index (χ0) is 24.9. The number of ether oxygens (including phenoxy) is 2. The van der Waals surface area contributed by atoms with Gasteiger partial charge in [-0.25, -0.2) is 4.79 Å². The van der Waals surface area contributed by atoms with Crippen LogP contribution in [-0.2, 0) is 11.3 Å². The van der Waals surface area contributed by atoms with Crippen LogP contribution in [0.25, 0.3) is 6.08 Å². The van der Waals surface area contributed by atoms with Crippen LogP contribution in [0.4, 0.5) is 4.79 Å². The molecule has 1 aliphatic heterocycles. The molecule has 1 aliphatic rings. The van der Waals surface area contributed by atoms with E-state index in [0.29, 0.717) is 34.1 Å². The van der Waals surface area contributed by atoms with E-state index in [9.17, 15) is 14.4 Å². The number of rotatable bonds is 7. The van der Waals surface area contributed by atoms with E-state index in [1.165, 1.54) is 4.90 Å². The molecule has 0 atom stereocenters. The van der Waals surface area contributed by atoms with E-state index in [4.69, 9.17) is 21.1 Å². The number of benzene rings is 3. The molecule has 1 fully saturated rings. The van der Waals surface area contributed by atoms with Crippen LogP contribution in [0.5, 0.6) is 11.5 Å². The Morgan fingerprint density at radius 2 is 1.77 bits per heavy atom. The first-order valence-electron chi connectivity index (χ1n) is 10.9. The molecule has 0 aliphatic carbocycles. The lowest BCUT2D eigenvalue weighted by molar-refractivity contribution is -0.123. The van der Waals surface area contributed by atoms with Gasteiger partial charge in [-0.15, -0.1) is 0 Å². The van der Waals surface area contributed by atoms with E-state index in [1.54, 1.807) is 60.7 Å². The number of carbonyl (C=O) groups excluding carboxylic acids is 3. The van der Waals surface area contributed by atoms with E-state index in [-0.39, 0.29) is 22.4 Å². The Morgan fingerprint density at radius 3 is 2.49 bits per heavy atom. The van der Waals surface area contributed by atoms with Gasteiger partial charge in [-0.05, 0) is 73.1 Å². The number of hydrogen-bond acceptors (Lipinski definition) is 6. The van der Waals surface area contributed by atoms with Gasteiger partial charge in [-0.3, -0.25) is 14.5 Å². The number of amides is 2. The van der Waals surface area contributed by atoms with Crippen molar-refractivity contribution < 1.29 is 23.9 Å². The summed E-state index contributed by atoms with van der Waals surface area (Å²) in [6, 6.07) is 19.1. The summed E-state index contributed by atoms with van der Waals surface area (Å²) < 4.78 is 11.2. The van der Waals surface area contributed by atoms with Crippen LogP contribution in [-0.4, -0.2) is 28.6 Å². The molecule has 3 aromatic rings. The molecule has 1 heterocycles. The maximum atomic E-state index is 12.9. The summed E-state index contributed by atoms with van der Waals surface area (Å²) in [6.45, 7) is 4.21. The van der Waals surface area contributed by atoms with Crippen LogP contribution in [0, 0.1) is 6.92 Å². The topological polar surface area (TPSA) is 72.9 Å². The smallest absolute Gasteiger partial charge is 0.343 e. The first-order chi connectivity index (χ1) is 16.9. The van der Waals surface area contributed by atoms with Crippen molar-refractivity contribution in [2.75, 3.05) is 6.61 Å². The summed E-state index contributed by atoms with van der Waals surface area (Å²) in [6.07, 6.45) is 1.62. The first kappa shape index (κ1) is 24.6. The van der Waals surface area contributed by atoms with Crippen LogP contribution >= 0.6 is 23.4 Å². The quantitative estimate of drug-likeness (QED) is 0.206. The number of esters is 1. The molecule has 0 spiro atoms. The largest absolute Gasteiger partial charge is 0.490 e. The maximum absolute atomic E-state index is 12.9. The third kappa shape index (κ3) is 5.75. The van der Waals surface area contributed by atoms with Crippen LogP contribution in [0.15, 0.2) is 71.6 Å². The lowest BCUT2D eigenvalue weighted by Gasteiger charge is -2.13. The highest BCUT2D eigenvalue weighted by molar-refractivity contribution is 8.18. The Labute approximate surface area is 212 Å². The first-order valence-corrected chi connectivity index (χ1v) is 12.1. The Hall–Kier alpha value is -3.55. The third-order valence-electron chi connectivity index (χ3n) is 5.22. The predicted octanol–water partition coefficient (Wildman–Crippen LogP) is 6.50. The van der Waals surface area contributed by atoms with Crippen molar-refractivity contribution in [2.45, 2.75) is 20.4 Å². The monoisotopic (exact) mass is 507 g/mol. The Morgan fingerprint density at radius 1 is 1.03 bits per heavy atom. The number of nitrogens with zero attached hydrogens (tertiary/aromatic N) is 1. The Balaban J connectivity index is 1.54. The fraction of sp³-hybridized carbons (Fsp3) is 0.148. The van der Waals surface area contributed by atoms with Crippen molar-refractivity contribution in [1.29, 1.82) is 0 Å². The van der Waals surface area contributed by atoms with Gasteiger partial charge in [-0.1, -0.05) is 53.6 Å². The summed E-state index contributed by atoms with van der Waals surface area (Å²) >= 11 is 7.05. The third-order valence-corrected chi connectivity index (χ3v) is 6.49. The van der Waals surface area contributed by atoms with Crippen molar-refractivity contribution in [1.82, 2.24) is 4.90 Å². The number of thioether (sulfide) groups is 1. The maximum Gasteiger partial charge on any atom is 0.343 e. The molecule has 0 saturated carbocycles. The molecule has 0 N–H and O–H groups in total. The SMILES string of the molecule is CCOc1cc(/C=C2\SC(=O)N(Cc3ccccc3Cl)C2=O)ccc1OC(=O)c1ccc(C)cc1. The van der Waals surface area contributed by atoms with Crippen LogP contribution in [0.2, 0.25) is 5.02 Å². The van der Waals surface area contributed by atoms with Crippen LogP contribution < -0.4 is 9.47 Å². The van der Waals surface area contributed by atoms with E-state index < -0.39 is 11.9 Å². The van der Waals surface area contributed by atoms with Gasteiger partial charge >= 0.3 is 5.97 Å². The Bertz CT molecular complexity index is 1320. The zero-order valence-electron chi connectivity index (χ0n) is 19.1. The highest BCUT2D eigenvalue weighted by Crippen LogP contribution is 2.36. The summed E-state index contributed by atoms with van der Waals surface area (Å²) in [5, 5.41) is 0.127. The van der Waals surface area contributed by atoms with Crippen molar-refractivity contribution in [2.24, 2.45) is 0 Å². The summed E-state index contributed by atoms with van der Waals surface area (Å²) in [5.41, 5.74) is 2.79. The molecule has 35 heavy (non-hydrogen) atoms. The second-order valence-corrected chi connectivity index (χ2v) is 9.15. The van der Waals surface area contributed by atoms with E-state index in [2.05, 4.69) is 0 Å². The molecule has 0 aromatic heterocycles. The molecule has 8 heteroatoms. The number of hydrogen-bond donors (Lipinski definition) is 0. The molecule has 6 nitrogen and oxygen atoms in total. The number of imide groups is 1. The molecule has 2 amide bonds. The fourth-order valence-corrected chi connectivity index (χ4v) is 4.43. The van der Waals surface area contributed by atoms with Crippen molar-refractivity contribution in [3.8, 4) is 11.5 Å². The molecule has 0 unspecified atom stereocenters. The summed E-state index contributed by atoms with van der Waals surface area (Å²) in [7, 11) is 0. The Kier molecular flexibility index (Phi) is 7.58. The lowest BCUT2D eigenvalue weighted by atomic mass is 10.1. The van der Waals surface area contributed by atoms with E-state index in [0.717, 1.165) is 17.3 Å². The second-order valence-electron chi connectivity index (χ2n) is 7.75. The number of carbonyl (C=O) groups is 3. The average molecular weight is 508 g/mol. The fourth-order valence-electron chi connectivity index (χ4n) is 3.40. The predicted molar refractivity (Wildman–Crippen MR) is 137 cm³/mol. The van der Waals surface area contributed by atoms with E-state index >= 15 is 0 Å². The van der Waals surface area contributed by atoms with Gasteiger partial charge in [0.25, 0.3) is 11.1 Å². The van der Waals surface area contributed by atoms with Crippen LogP contribution in [0.1, 0.15) is 34.0 Å². The van der Waals surface area contributed by atoms with Gasteiger partial charge in [0.05, 0.1) is 23.6 Å². The molecule has 3 aromatic carbocycles. The molecule has 1 saturated heterocycles. The van der Waals surface area contributed by atoms with Gasteiger partial charge in [0, 0.05) is 5.02 Å².